The van der Waals surface area contributed by atoms with Crippen molar-refractivity contribution in [3.05, 3.63) is 0 Å². The van der Waals surface area contributed by atoms with Crippen LogP contribution < -0.4 is 0 Å². The molecule has 3 unspecified atom stereocenters. The molecule has 0 spiro atoms. The van der Waals surface area contributed by atoms with E-state index in [2.05, 4.69) is 34.6 Å². The normalized spacial score (nSPS) is 14.3. The van der Waals surface area contributed by atoms with Gasteiger partial charge in [0.25, 0.3) is 0 Å². The lowest BCUT2D eigenvalue weighted by molar-refractivity contribution is -0.161. The van der Waals surface area contributed by atoms with Crippen LogP contribution in [0.15, 0.2) is 0 Å². The van der Waals surface area contributed by atoms with E-state index >= 15 is 0 Å². The van der Waals surface area contributed by atoms with E-state index in [1.165, 1.54) is 193 Å². The molecule has 0 aliphatic carbocycles. The Balaban J connectivity index is 5.22. The predicted octanol–water partition coefficient (Wildman–Crippen LogP) is 20.9. The number of esters is 4. The Morgan fingerprint density at radius 3 is 0.780 bits per heavy atom. The molecule has 540 valence electrons. The van der Waals surface area contributed by atoms with Crippen molar-refractivity contribution in [1.82, 2.24) is 0 Å². The second kappa shape index (κ2) is 65.4. The lowest BCUT2D eigenvalue weighted by atomic mass is 9.99. The molecule has 19 heteroatoms. The molecular weight excluding hydrogens is 1200 g/mol. The van der Waals surface area contributed by atoms with Gasteiger partial charge < -0.3 is 33.8 Å². The minimum Gasteiger partial charge on any atom is -0.462 e. The monoisotopic (exact) mass is 1340 g/mol. The van der Waals surface area contributed by atoms with Crippen LogP contribution in [0.2, 0.25) is 0 Å². The molecule has 0 aromatic rings. The molecule has 17 nitrogen and oxygen atoms in total. The fourth-order valence-electron chi connectivity index (χ4n) is 11.0. The van der Waals surface area contributed by atoms with Crippen LogP contribution in [-0.2, 0) is 65.4 Å². The second-order valence-electron chi connectivity index (χ2n) is 26.2. The Morgan fingerprint density at radius 1 is 0.308 bits per heavy atom. The Labute approximate surface area is 556 Å². The van der Waals surface area contributed by atoms with Crippen molar-refractivity contribution in [3.63, 3.8) is 0 Å². The first kappa shape index (κ1) is 89.1. The number of phosphoric acid groups is 2. The van der Waals surface area contributed by atoms with Gasteiger partial charge in [-0.2, -0.15) is 0 Å². The molecule has 0 saturated heterocycles. The van der Waals surface area contributed by atoms with Crippen molar-refractivity contribution in [2.24, 2.45) is 5.92 Å². The van der Waals surface area contributed by atoms with Crippen LogP contribution in [-0.4, -0.2) is 96.7 Å². The standard InChI is InChI=1S/C72H140O17P2/c1-6-10-13-16-19-22-24-26-28-30-32-34-36-42-47-52-57-71(76)88-68(62-83-70(75)56-51-46-41-35-33-31-29-27-25-23-20-17-14-11-7-2)64-87-91(80,81)85-60-66(73)59-84-90(78,79)86-63-67(61-82-69(74)55-50-45-40-21-18-15-12-8-3)89-72(77)58-53-48-43-38-37-39-44-49-54-65(5)9-4/h65-68,73H,6-64H2,1-5H3,(H,78,79)(H,80,81)/t65?,66-,67+,68+/m0/s1. The zero-order valence-electron chi connectivity index (χ0n) is 59.0. The molecule has 0 aliphatic rings. The number of unbranched alkanes of at least 4 members (excludes halogenated alkanes) is 43. The van der Waals surface area contributed by atoms with Gasteiger partial charge in [0.1, 0.15) is 19.3 Å². The lowest BCUT2D eigenvalue weighted by Crippen LogP contribution is -2.30. The summed E-state index contributed by atoms with van der Waals surface area (Å²) in [6.07, 6.45) is 52.7. The largest absolute Gasteiger partial charge is 0.472 e. The summed E-state index contributed by atoms with van der Waals surface area (Å²) in [5.74, 6) is -1.35. The number of hydrogen-bond donors (Lipinski definition) is 3. The summed E-state index contributed by atoms with van der Waals surface area (Å²) >= 11 is 0. The number of hydrogen-bond acceptors (Lipinski definition) is 15. The highest BCUT2D eigenvalue weighted by atomic mass is 31.2. The second-order valence-corrected chi connectivity index (χ2v) is 29.1. The fraction of sp³-hybridized carbons (Fsp3) is 0.944. The van der Waals surface area contributed by atoms with Crippen LogP contribution in [0.1, 0.15) is 375 Å². The summed E-state index contributed by atoms with van der Waals surface area (Å²) in [5.41, 5.74) is 0. The van der Waals surface area contributed by atoms with Gasteiger partial charge in [-0.15, -0.1) is 0 Å². The maximum atomic E-state index is 13.0. The van der Waals surface area contributed by atoms with Crippen molar-refractivity contribution in [2.75, 3.05) is 39.6 Å². The van der Waals surface area contributed by atoms with Gasteiger partial charge in [-0.05, 0) is 31.6 Å². The van der Waals surface area contributed by atoms with Crippen LogP contribution in [0.25, 0.3) is 0 Å². The van der Waals surface area contributed by atoms with Crippen molar-refractivity contribution >= 4 is 39.5 Å². The van der Waals surface area contributed by atoms with Gasteiger partial charge in [-0.25, -0.2) is 9.13 Å². The van der Waals surface area contributed by atoms with E-state index in [0.29, 0.717) is 25.7 Å². The van der Waals surface area contributed by atoms with E-state index in [-0.39, 0.29) is 25.7 Å². The smallest absolute Gasteiger partial charge is 0.462 e. The van der Waals surface area contributed by atoms with Gasteiger partial charge in [0.2, 0.25) is 0 Å². The number of carbonyl (C=O) groups is 4. The van der Waals surface area contributed by atoms with Gasteiger partial charge >= 0.3 is 39.5 Å². The summed E-state index contributed by atoms with van der Waals surface area (Å²) in [4.78, 5) is 72.6. The maximum Gasteiger partial charge on any atom is 0.472 e. The molecule has 0 fully saturated rings. The van der Waals surface area contributed by atoms with Crippen molar-refractivity contribution < 1.29 is 80.2 Å². The van der Waals surface area contributed by atoms with Crippen molar-refractivity contribution in [1.29, 1.82) is 0 Å². The average molecular weight is 1340 g/mol. The van der Waals surface area contributed by atoms with Crippen LogP contribution in [0, 0.1) is 5.92 Å². The van der Waals surface area contributed by atoms with Gasteiger partial charge in [0.15, 0.2) is 12.2 Å². The van der Waals surface area contributed by atoms with Crippen molar-refractivity contribution in [3.8, 4) is 0 Å². The van der Waals surface area contributed by atoms with Gasteiger partial charge in [-0.1, -0.05) is 324 Å². The molecule has 0 bridgehead atoms. The third-order valence-electron chi connectivity index (χ3n) is 17.1. The van der Waals surface area contributed by atoms with E-state index in [1.54, 1.807) is 0 Å². The third kappa shape index (κ3) is 65.1. The molecule has 3 N–H and O–H groups in total. The molecule has 0 amide bonds. The average Bonchev–Trinajstić information content (AvgIpc) is 3.74. The van der Waals surface area contributed by atoms with E-state index in [4.69, 9.17) is 37.0 Å². The summed E-state index contributed by atoms with van der Waals surface area (Å²) < 4.78 is 68.3. The number of aliphatic hydroxyl groups is 1. The number of ether oxygens (including phenoxy) is 4. The summed E-state index contributed by atoms with van der Waals surface area (Å²) in [6.45, 7) is 7.24. The number of phosphoric ester groups is 2. The molecule has 6 atom stereocenters. The summed E-state index contributed by atoms with van der Waals surface area (Å²) in [7, 11) is -9.90. The van der Waals surface area contributed by atoms with Crippen LogP contribution in [0.3, 0.4) is 0 Å². The number of aliphatic hydroxyl groups excluding tert-OH is 1. The fourth-order valence-corrected chi connectivity index (χ4v) is 12.5. The first-order valence-corrected chi connectivity index (χ1v) is 40.7. The highest BCUT2D eigenvalue weighted by Gasteiger charge is 2.30. The highest BCUT2D eigenvalue weighted by molar-refractivity contribution is 7.47. The minimum atomic E-state index is -4.95. The van der Waals surface area contributed by atoms with Crippen LogP contribution in [0.4, 0.5) is 0 Å². The number of carbonyl (C=O) groups excluding carboxylic acids is 4. The molecule has 91 heavy (non-hydrogen) atoms. The van der Waals surface area contributed by atoms with E-state index in [0.717, 1.165) is 102 Å². The molecule has 0 saturated carbocycles. The third-order valence-corrected chi connectivity index (χ3v) is 19.0. The quantitative estimate of drug-likeness (QED) is 0.0222. The van der Waals surface area contributed by atoms with Gasteiger partial charge in [0.05, 0.1) is 26.4 Å². The Kier molecular flexibility index (Phi) is 64.0. The van der Waals surface area contributed by atoms with Crippen molar-refractivity contribution in [2.45, 2.75) is 393 Å². The molecule has 0 aromatic carbocycles. The molecule has 0 aromatic heterocycles. The Morgan fingerprint density at radius 2 is 0.527 bits per heavy atom. The van der Waals surface area contributed by atoms with Gasteiger partial charge in [0, 0.05) is 25.7 Å². The van der Waals surface area contributed by atoms with E-state index < -0.39 is 97.5 Å². The van der Waals surface area contributed by atoms with Crippen LogP contribution in [0.5, 0.6) is 0 Å². The van der Waals surface area contributed by atoms with Gasteiger partial charge in [-0.3, -0.25) is 37.3 Å². The molecule has 0 radical (unpaired) electrons. The number of rotatable bonds is 72. The Bertz CT molecular complexity index is 1760. The zero-order valence-corrected chi connectivity index (χ0v) is 60.8. The SMILES string of the molecule is CCCCCCCCCCCCCCCCCCC(=O)O[C@H](COC(=O)CCCCCCCCCCCCCCCCC)COP(=O)(O)OC[C@@H](O)COP(=O)(O)OC[C@@H](COC(=O)CCCCCCCCCC)OC(=O)CCCCCCCCCCC(C)CC. The molecule has 0 aliphatic heterocycles. The topological polar surface area (TPSA) is 237 Å². The highest BCUT2D eigenvalue weighted by Crippen LogP contribution is 2.45. The first-order chi connectivity index (χ1) is 44.1. The maximum absolute atomic E-state index is 13.0. The summed E-state index contributed by atoms with van der Waals surface area (Å²) in [6, 6.07) is 0. The van der Waals surface area contributed by atoms with Crippen LogP contribution >= 0.6 is 15.6 Å². The zero-order chi connectivity index (χ0) is 67.0. The molecule has 0 heterocycles. The van der Waals surface area contributed by atoms with E-state index in [1.807, 2.05) is 0 Å². The predicted molar refractivity (Wildman–Crippen MR) is 368 cm³/mol. The Hall–Kier alpha value is -1.94. The minimum absolute atomic E-state index is 0.105. The summed E-state index contributed by atoms with van der Waals surface area (Å²) in [5, 5.41) is 10.6. The molecule has 0 rings (SSSR count). The lowest BCUT2D eigenvalue weighted by Gasteiger charge is -2.21. The first-order valence-electron chi connectivity index (χ1n) is 37.7. The van der Waals surface area contributed by atoms with E-state index in [9.17, 15) is 43.2 Å². The molecular formula is C72H140O17P2.